The molecule has 240 valence electrons. The van der Waals surface area contributed by atoms with E-state index in [1.807, 2.05) is 0 Å². The van der Waals surface area contributed by atoms with Gasteiger partial charge in [-0.3, -0.25) is 4.57 Å². The molecule has 0 radical (unpaired) electrons. The van der Waals surface area contributed by atoms with Crippen molar-refractivity contribution < 1.29 is 0 Å². The number of rotatable bonds is 3. The highest BCUT2D eigenvalue weighted by molar-refractivity contribution is 6.22. The SMILES string of the molecule is c1ccc(-n2c3ccc(-c4ccc5c(c4)c4ccccc4n5-c4ncc5c6c(cccc46)-c4ccccc4-5)cc3c3c4ccccc4ccc32)cc1. The second-order valence-corrected chi connectivity index (χ2v) is 13.9. The molecule has 0 saturated heterocycles. The summed E-state index contributed by atoms with van der Waals surface area (Å²) in [4.78, 5) is 5.21. The molecule has 0 unspecified atom stereocenters. The molecule has 8 aromatic carbocycles. The van der Waals surface area contributed by atoms with Crippen LogP contribution in [-0.4, -0.2) is 14.1 Å². The minimum Gasteiger partial charge on any atom is -0.309 e. The lowest BCUT2D eigenvalue weighted by Gasteiger charge is -2.12. The van der Waals surface area contributed by atoms with Crippen molar-refractivity contribution in [1.29, 1.82) is 0 Å². The number of benzene rings is 8. The van der Waals surface area contributed by atoms with Crippen LogP contribution in [0.25, 0.3) is 110 Å². The van der Waals surface area contributed by atoms with Crippen LogP contribution in [0.4, 0.5) is 0 Å². The Morgan fingerprint density at radius 2 is 0.962 bits per heavy atom. The molecule has 3 heteroatoms. The molecule has 3 nitrogen and oxygen atoms in total. The summed E-state index contributed by atoms with van der Waals surface area (Å²) in [5.74, 6) is 0.967. The quantitative estimate of drug-likeness (QED) is 0.185. The molecular weight excluding hydrogens is 631 g/mol. The van der Waals surface area contributed by atoms with E-state index < -0.39 is 0 Å². The lowest BCUT2D eigenvalue weighted by atomic mass is 9.99. The standard InChI is InChI=1S/C49H29N3/c1-2-12-33(13-3-1)51-45-25-23-32(28-41(45)48-34-14-5-4-11-30(34)21-26-46(48)51)31-22-24-44-40(27-31)37-17-8-9-20-43(37)52(44)49-39-19-10-18-38-35-15-6-7-16-36(35)42(29-50-49)47(38)39/h1-29H. The predicted molar refractivity (Wildman–Crippen MR) is 218 cm³/mol. The molecule has 52 heavy (non-hydrogen) atoms. The molecule has 3 aromatic heterocycles. The molecule has 0 spiro atoms. The molecule has 3 heterocycles. The number of hydrogen-bond donors (Lipinski definition) is 0. The highest BCUT2D eigenvalue weighted by Gasteiger charge is 2.25. The van der Waals surface area contributed by atoms with Crippen molar-refractivity contribution in [2.75, 3.05) is 0 Å². The Kier molecular flexibility index (Phi) is 5.50. The number of fused-ring (bicyclic) bond motifs is 11. The van der Waals surface area contributed by atoms with Gasteiger partial charge in [0.05, 0.1) is 22.1 Å². The fourth-order valence-corrected chi connectivity index (χ4v) is 9.05. The van der Waals surface area contributed by atoms with E-state index in [0.29, 0.717) is 0 Å². The summed E-state index contributed by atoms with van der Waals surface area (Å²) >= 11 is 0. The van der Waals surface area contributed by atoms with Crippen LogP contribution in [-0.2, 0) is 0 Å². The van der Waals surface area contributed by atoms with Crippen LogP contribution in [0.5, 0.6) is 0 Å². The monoisotopic (exact) mass is 659 g/mol. The zero-order chi connectivity index (χ0) is 33.9. The molecule has 0 amide bonds. The first-order valence-electron chi connectivity index (χ1n) is 17.9. The highest BCUT2D eigenvalue weighted by Crippen LogP contribution is 2.48. The van der Waals surface area contributed by atoms with Crippen LogP contribution in [0, 0.1) is 0 Å². The fraction of sp³-hybridized carbons (Fsp3) is 0. The van der Waals surface area contributed by atoms with Crippen LogP contribution in [0.3, 0.4) is 0 Å². The van der Waals surface area contributed by atoms with Crippen molar-refractivity contribution in [2.24, 2.45) is 0 Å². The summed E-state index contributed by atoms with van der Waals surface area (Å²) in [6, 6.07) is 62.0. The number of hydrogen-bond acceptors (Lipinski definition) is 1. The van der Waals surface area contributed by atoms with Gasteiger partial charge in [0.15, 0.2) is 0 Å². The summed E-state index contributed by atoms with van der Waals surface area (Å²) < 4.78 is 4.77. The first-order valence-corrected chi connectivity index (χ1v) is 17.9. The van der Waals surface area contributed by atoms with Crippen molar-refractivity contribution in [3.63, 3.8) is 0 Å². The molecule has 0 saturated carbocycles. The van der Waals surface area contributed by atoms with Gasteiger partial charge in [-0.2, -0.15) is 0 Å². The molecule has 1 aliphatic carbocycles. The number of nitrogens with zero attached hydrogens (tertiary/aromatic N) is 3. The average molecular weight is 660 g/mol. The van der Waals surface area contributed by atoms with Crippen LogP contribution < -0.4 is 0 Å². The van der Waals surface area contributed by atoms with E-state index in [4.69, 9.17) is 4.98 Å². The summed E-state index contributed by atoms with van der Waals surface area (Å²) in [5, 5.41) is 9.97. The highest BCUT2D eigenvalue weighted by atomic mass is 15.1. The van der Waals surface area contributed by atoms with Gasteiger partial charge < -0.3 is 4.57 Å². The first kappa shape index (κ1) is 27.8. The molecule has 0 bridgehead atoms. The van der Waals surface area contributed by atoms with Gasteiger partial charge in [0, 0.05) is 49.8 Å². The summed E-state index contributed by atoms with van der Waals surface area (Å²) in [6.45, 7) is 0. The van der Waals surface area contributed by atoms with Gasteiger partial charge >= 0.3 is 0 Å². The van der Waals surface area contributed by atoms with Gasteiger partial charge in [-0.15, -0.1) is 0 Å². The number of aromatic nitrogens is 3. The maximum atomic E-state index is 5.21. The fourth-order valence-electron chi connectivity index (χ4n) is 9.05. The molecule has 0 atom stereocenters. The van der Waals surface area contributed by atoms with E-state index in [-0.39, 0.29) is 0 Å². The van der Waals surface area contributed by atoms with Crippen LogP contribution >= 0.6 is 0 Å². The first-order chi connectivity index (χ1) is 25.8. The average Bonchev–Trinajstić information content (AvgIpc) is 3.85. The van der Waals surface area contributed by atoms with Gasteiger partial charge in [0.25, 0.3) is 0 Å². The molecule has 0 N–H and O–H groups in total. The van der Waals surface area contributed by atoms with Crippen molar-refractivity contribution in [2.45, 2.75) is 0 Å². The second kappa shape index (κ2) is 10.3. The normalized spacial score (nSPS) is 12.2. The van der Waals surface area contributed by atoms with E-state index in [1.165, 1.54) is 93.2 Å². The Balaban J connectivity index is 1.09. The van der Waals surface area contributed by atoms with Gasteiger partial charge in [-0.25, -0.2) is 4.98 Å². The summed E-state index contributed by atoms with van der Waals surface area (Å²) in [6.07, 6.45) is 2.08. The third kappa shape index (κ3) is 3.66. The van der Waals surface area contributed by atoms with Gasteiger partial charge in [-0.1, -0.05) is 121 Å². The Bertz CT molecular complexity index is 3260. The van der Waals surface area contributed by atoms with Crippen molar-refractivity contribution in [3.8, 4) is 44.9 Å². The molecule has 1 aliphatic rings. The molecule has 0 fully saturated rings. The zero-order valence-corrected chi connectivity index (χ0v) is 28.1. The topological polar surface area (TPSA) is 22.8 Å². The smallest absolute Gasteiger partial charge is 0.145 e. The van der Waals surface area contributed by atoms with Crippen LogP contribution in [0.15, 0.2) is 176 Å². The zero-order valence-electron chi connectivity index (χ0n) is 28.1. The third-order valence-electron chi connectivity index (χ3n) is 11.3. The van der Waals surface area contributed by atoms with Gasteiger partial charge in [0.2, 0.25) is 0 Å². The van der Waals surface area contributed by atoms with Crippen LogP contribution in [0.2, 0.25) is 0 Å². The van der Waals surface area contributed by atoms with E-state index in [0.717, 1.165) is 16.9 Å². The Labute approximate surface area is 299 Å². The second-order valence-electron chi connectivity index (χ2n) is 13.9. The van der Waals surface area contributed by atoms with Gasteiger partial charge in [0.1, 0.15) is 5.82 Å². The molecular formula is C49H29N3. The number of para-hydroxylation sites is 2. The third-order valence-corrected chi connectivity index (χ3v) is 11.3. The minimum atomic E-state index is 0.967. The minimum absolute atomic E-state index is 0.967. The van der Waals surface area contributed by atoms with E-state index in [2.05, 4.69) is 185 Å². The Morgan fingerprint density at radius 3 is 1.81 bits per heavy atom. The van der Waals surface area contributed by atoms with Gasteiger partial charge in [-0.05, 0) is 87.1 Å². The van der Waals surface area contributed by atoms with E-state index in [9.17, 15) is 0 Å². The lowest BCUT2D eigenvalue weighted by molar-refractivity contribution is 1.10. The van der Waals surface area contributed by atoms with Crippen molar-refractivity contribution in [1.82, 2.24) is 14.1 Å². The van der Waals surface area contributed by atoms with Crippen molar-refractivity contribution in [3.05, 3.63) is 176 Å². The lowest BCUT2D eigenvalue weighted by Crippen LogP contribution is -1.99. The summed E-state index contributed by atoms with van der Waals surface area (Å²) in [7, 11) is 0. The van der Waals surface area contributed by atoms with Crippen LogP contribution in [0.1, 0.15) is 0 Å². The van der Waals surface area contributed by atoms with E-state index >= 15 is 0 Å². The maximum absolute atomic E-state index is 5.21. The van der Waals surface area contributed by atoms with Crippen molar-refractivity contribution >= 4 is 65.2 Å². The maximum Gasteiger partial charge on any atom is 0.145 e. The molecule has 11 aromatic rings. The predicted octanol–water partition coefficient (Wildman–Crippen LogP) is 12.9. The number of pyridine rings is 1. The summed E-state index contributed by atoms with van der Waals surface area (Å²) in [5.41, 5.74) is 13.3. The Morgan fingerprint density at radius 1 is 0.346 bits per heavy atom. The largest absolute Gasteiger partial charge is 0.309 e. The Hall–Kier alpha value is -6.97. The van der Waals surface area contributed by atoms with E-state index in [1.54, 1.807) is 0 Å². The molecule has 12 rings (SSSR count). The molecule has 0 aliphatic heterocycles.